The molecule has 0 aromatic rings. The van der Waals surface area contributed by atoms with E-state index in [2.05, 4.69) is 5.10 Å². The van der Waals surface area contributed by atoms with E-state index < -0.39 is 0 Å². The van der Waals surface area contributed by atoms with E-state index in [1.165, 1.54) is 0 Å². The van der Waals surface area contributed by atoms with Gasteiger partial charge in [-0.3, -0.25) is 0 Å². The number of amidine groups is 1. The van der Waals surface area contributed by atoms with Crippen LogP contribution >= 0.6 is 0 Å². The predicted molar refractivity (Wildman–Crippen MR) is 46.1 cm³/mol. The fourth-order valence-corrected chi connectivity index (χ4v) is 0.872. The third-order valence-corrected chi connectivity index (χ3v) is 1.39. The first kappa shape index (κ1) is 10.2. The molecule has 0 bridgehead atoms. The van der Waals surface area contributed by atoms with Crippen LogP contribution in [0.15, 0.2) is 5.10 Å². The van der Waals surface area contributed by atoms with Gasteiger partial charge in [-0.2, -0.15) is 5.10 Å². The first-order chi connectivity index (χ1) is 5.13. The quantitative estimate of drug-likeness (QED) is 0.268. The van der Waals surface area contributed by atoms with Crippen molar-refractivity contribution in [2.24, 2.45) is 22.6 Å². The molecule has 66 valence electrons. The fourth-order valence-electron chi connectivity index (χ4n) is 0.872. The molecule has 0 aliphatic rings. The van der Waals surface area contributed by atoms with Crippen molar-refractivity contribution in [3.8, 4) is 0 Å². The maximum Gasteiger partial charge on any atom is 0.148 e. The van der Waals surface area contributed by atoms with Crippen molar-refractivity contribution in [3.63, 3.8) is 0 Å². The van der Waals surface area contributed by atoms with Crippen molar-refractivity contribution in [1.82, 2.24) is 0 Å². The minimum Gasteiger partial charge on any atom is -0.384 e. The van der Waals surface area contributed by atoms with E-state index >= 15 is 0 Å². The van der Waals surface area contributed by atoms with Crippen LogP contribution in [0.4, 0.5) is 0 Å². The van der Waals surface area contributed by atoms with Gasteiger partial charge in [-0.25, -0.2) is 0 Å². The smallest absolute Gasteiger partial charge is 0.148 e. The molecule has 0 saturated heterocycles. The van der Waals surface area contributed by atoms with Crippen molar-refractivity contribution in [2.45, 2.75) is 26.9 Å². The predicted octanol–water partition coefficient (Wildman–Crippen LogP) is 0.278. The summed E-state index contributed by atoms with van der Waals surface area (Å²) in [4.78, 5) is 0. The van der Waals surface area contributed by atoms with E-state index in [4.69, 9.17) is 16.3 Å². The molecule has 0 radical (unpaired) electrons. The van der Waals surface area contributed by atoms with Crippen molar-refractivity contribution in [1.29, 1.82) is 0 Å². The Kier molecular flexibility index (Phi) is 4.61. The van der Waals surface area contributed by atoms with Gasteiger partial charge in [0.1, 0.15) is 11.9 Å². The highest BCUT2D eigenvalue weighted by molar-refractivity contribution is 5.84. The second kappa shape index (κ2) is 4.96. The van der Waals surface area contributed by atoms with E-state index in [1.54, 1.807) is 0 Å². The zero-order valence-electron chi connectivity index (χ0n) is 7.37. The van der Waals surface area contributed by atoms with Crippen LogP contribution in [-0.2, 0) is 4.74 Å². The van der Waals surface area contributed by atoms with Crippen LogP contribution < -0.4 is 11.6 Å². The van der Waals surface area contributed by atoms with E-state index in [-0.39, 0.29) is 6.10 Å². The lowest BCUT2D eigenvalue weighted by Gasteiger charge is -2.19. The van der Waals surface area contributed by atoms with Crippen molar-refractivity contribution in [3.05, 3.63) is 0 Å². The first-order valence-corrected chi connectivity index (χ1v) is 3.78. The second-order valence-corrected chi connectivity index (χ2v) is 2.67. The Morgan fingerprint density at radius 2 is 2.09 bits per heavy atom. The summed E-state index contributed by atoms with van der Waals surface area (Å²) in [6.07, 6.45) is -0.148. The summed E-state index contributed by atoms with van der Waals surface area (Å²) in [7, 11) is 0. The van der Waals surface area contributed by atoms with Crippen LogP contribution in [-0.4, -0.2) is 18.5 Å². The lowest BCUT2D eigenvalue weighted by atomic mass is 10.1. The summed E-state index contributed by atoms with van der Waals surface area (Å²) in [6, 6.07) is 0. The number of hydrogen-bond donors (Lipinski definition) is 2. The number of hydrogen-bond acceptors (Lipinski definition) is 3. The molecular formula is C7H17N3O. The molecule has 1 atom stereocenters. The zero-order chi connectivity index (χ0) is 8.85. The first-order valence-electron chi connectivity index (χ1n) is 3.78. The number of nitrogens with zero attached hydrogens (tertiary/aromatic N) is 1. The Labute approximate surface area is 67.6 Å². The summed E-state index contributed by atoms with van der Waals surface area (Å²) in [5, 5.41) is 3.40. The van der Waals surface area contributed by atoms with Crippen LogP contribution in [0.25, 0.3) is 0 Å². The highest BCUT2D eigenvalue weighted by Crippen LogP contribution is 2.05. The Morgan fingerprint density at radius 3 is 2.36 bits per heavy atom. The lowest BCUT2D eigenvalue weighted by molar-refractivity contribution is 0.0773. The molecule has 0 amide bonds. The molecule has 0 aromatic carbocycles. The van der Waals surface area contributed by atoms with E-state index in [9.17, 15) is 0 Å². The Balaban J connectivity index is 4.10. The minimum absolute atomic E-state index is 0.148. The molecule has 0 aliphatic heterocycles. The van der Waals surface area contributed by atoms with Gasteiger partial charge in [-0.15, -0.1) is 0 Å². The summed E-state index contributed by atoms with van der Waals surface area (Å²) in [6.45, 7) is 6.56. The van der Waals surface area contributed by atoms with Gasteiger partial charge >= 0.3 is 0 Å². The number of rotatable bonds is 4. The van der Waals surface area contributed by atoms with Crippen LogP contribution in [0.1, 0.15) is 20.8 Å². The van der Waals surface area contributed by atoms with E-state index in [1.807, 2.05) is 20.8 Å². The summed E-state index contributed by atoms with van der Waals surface area (Å²) < 4.78 is 5.32. The molecule has 4 heteroatoms. The van der Waals surface area contributed by atoms with Gasteiger partial charge in [0.15, 0.2) is 0 Å². The maximum absolute atomic E-state index is 5.50. The van der Waals surface area contributed by atoms with Crippen molar-refractivity contribution >= 4 is 5.84 Å². The number of ether oxygens (including phenoxy) is 1. The van der Waals surface area contributed by atoms with Crippen molar-refractivity contribution in [2.75, 3.05) is 6.61 Å². The van der Waals surface area contributed by atoms with Crippen molar-refractivity contribution < 1.29 is 4.74 Å². The van der Waals surface area contributed by atoms with Crippen LogP contribution in [0.5, 0.6) is 0 Å². The van der Waals surface area contributed by atoms with Crippen LogP contribution in [0.3, 0.4) is 0 Å². The highest BCUT2D eigenvalue weighted by atomic mass is 16.5. The lowest BCUT2D eigenvalue weighted by Crippen LogP contribution is -2.36. The molecule has 1 unspecified atom stereocenters. The molecular weight excluding hydrogens is 142 g/mol. The molecule has 0 spiro atoms. The van der Waals surface area contributed by atoms with Gasteiger partial charge in [0.2, 0.25) is 0 Å². The van der Waals surface area contributed by atoms with Crippen LogP contribution in [0.2, 0.25) is 0 Å². The summed E-state index contributed by atoms with van der Waals surface area (Å²) >= 11 is 0. The zero-order valence-corrected chi connectivity index (χ0v) is 7.37. The average molecular weight is 159 g/mol. The number of hydrazone groups is 1. The topological polar surface area (TPSA) is 73.6 Å². The Bertz CT molecular complexity index is 134. The summed E-state index contributed by atoms with van der Waals surface area (Å²) in [5.41, 5.74) is 5.50. The van der Waals surface area contributed by atoms with Gasteiger partial charge < -0.3 is 16.3 Å². The monoisotopic (exact) mass is 159 g/mol. The van der Waals surface area contributed by atoms with Gasteiger partial charge in [0, 0.05) is 6.61 Å². The fraction of sp³-hybridized carbons (Fsp3) is 0.857. The summed E-state index contributed by atoms with van der Waals surface area (Å²) in [5.74, 6) is 5.69. The second-order valence-electron chi connectivity index (χ2n) is 2.67. The Hall–Kier alpha value is -0.770. The van der Waals surface area contributed by atoms with Crippen LogP contribution in [0, 0.1) is 5.92 Å². The van der Waals surface area contributed by atoms with Gasteiger partial charge in [-0.1, -0.05) is 13.8 Å². The molecule has 0 aromatic heterocycles. The Morgan fingerprint density at radius 1 is 1.55 bits per heavy atom. The molecule has 4 N–H and O–H groups in total. The molecule has 4 nitrogen and oxygen atoms in total. The third kappa shape index (κ3) is 3.23. The van der Waals surface area contributed by atoms with Gasteiger partial charge in [-0.05, 0) is 12.8 Å². The van der Waals surface area contributed by atoms with E-state index in [0.29, 0.717) is 18.4 Å². The largest absolute Gasteiger partial charge is 0.384 e. The highest BCUT2D eigenvalue weighted by Gasteiger charge is 2.16. The minimum atomic E-state index is -0.148. The molecule has 0 aliphatic carbocycles. The normalized spacial score (nSPS) is 15.5. The maximum atomic E-state index is 5.50. The number of nitrogens with two attached hydrogens (primary N) is 2. The third-order valence-electron chi connectivity index (χ3n) is 1.39. The molecule has 0 fully saturated rings. The molecule has 0 heterocycles. The standard InChI is InChI=1S/C7H17N3O/c1-4-11-6(5(2)3)7(8)10-9/h5-6H,4,9H2,1-3H3,(H2,8,10). The molecule has 0 rings (SSSR count). The average Bonchev–Trinajstić information content (AvgIpc) is 1.98. The molecule has 11 heavy (non-hydrogen) atoms. The molecule has 0 saturated carbocycles. The SMILES string of the molecule is CCOC(C(N)=NN)C(C)C. The van der Waals surface area contributed by atoms with Gasteiger partial charge in [0.05, 0.1) is 0 Å². The van der Waals surface area contributed by atoms with E-state index in [0.717, 1.165) is 0 Å². The van der Waals surface area contributed by atoms with Gasteiger partial charge in [0.25, 0.3) is 0 Å².